The zero-order valence-corrected chi connectivity index (χ0v) is 13.9. The molecule has 0 heterocycles. The van der Waals surface area contributed by atoms with E-state index in [-0.39, 0.29) is 6.10 Å². The van der Waals surface area contributed by atoms with Gasteiger partial charge in [0.2, 0.25) is 0 Å². The Hall–Kier alpha value is -0.870. The van der Waals surface area contributed by atoms with E-state index in [1.807, 2.05) is 27.0 Å². The van der Waals surface area contributed by atoms with Crippen molar-refractivity contribution >= 4 is 6.21 Å². The molecular weight excluding hydrogens is 250 g/mol. The standard InChI is InChI=1S/C14H27N3O.C2H6/c1-4-17(3)11-14(18-5-2)12(9-15)10-16-13-7-6-8-13;1-2/h9-10,13-14H,4-8,11,15H2,1-3H3;1-2H3/b12-9+,16-10?;. The Balaban J connectivity index is 0.00000172. The van der Waals surface area contributed by atoms with Crippen LogP contribution in [0.25, 0.3) is 0 Å². The molecule has 1 fully saturated rings. The van der Waals surface area contributed by atoms with Crippen molar-refractivity contribution in [3.63, 3.8) is 0 Å². The molecule has 1 unspecified atom stereocenters. The molecule has 0 amide bonds. The van der Waals surface area contributed by atoms with Crippen molar-refractivity contribution in [2.45, 2.75) is 59.1 Å². The number of ether oxygens (including phenoxy) is 1. The van der Waals surface area contributed by atoms with E-state index in [2.05, 4.69) is 23.9 Å². The maximum absolute atomic E-state index is 5.77. The number of aliphatic imine (C=N–C) groups is 1. The van der Waals surface area contributed by atoms with E-state index in [1.165, 1.54) is 19.3 Å². The SMILES string of the molecule is CC.CCOC(CN(C)CC)/C(C=NC1CCC1)=C/N. The molecule has 0 aromatic heterocycles. The van der Waals surface area contributed by atoms with E-state index in [1.54, 1.807) is 6.20 Å². The molecule has 118 valence electrons. The van der Waals surface area contributed by atoms with Gasteiger partial charge in [0, 0.05) is 37.2 Å². The summed E-state index contributed by atoms with van der Waals surface area (Å²) in [6.07, 6.45) is 7.29. The largest absolute Gasteiger partial charge is 0.404 e. The molecule has 20 heavy (non-hydrogen) atoms. The summed E-state index contributed by atoms with van der Waals surface area (Å²) < 4.78 is 5.77. The van der Waals surface area contributed by atoms with E-state index in [4.69, 9.17) is 10.5 Å². The average Bonchev–Trinajstić information content (AvgIpc) is 2.43. The summed E-state index contributed by atoms with van der Waals surface area (Å²) in [6.45, 7) is 10.7. The lowest BCUT2D eigenvalue weighted by atomic mass is 9.94. The van der Waals surface area contributed by atoms with Gasteiger partial charge in [-0.05, 0) is 39.8 Å². The zero-order valence-electron chi connectivity index (χ0n) is 13.9. The maximum atomic E-state index is 5.77. The Kier molecular flexibility index (Phi) is 11.4. The van der Waals surface area contributed by atoms with Crippen LogP contribution in [0.3, 0.4) is 0 Å². The number of hydrogen-bond acceptors (Lipinski definition) is 4. The van der Waals surface area contributed by atoms with Gasteiger partial charge in [-0.1, -0.05) is 20.8 Å². The Morgan fingerprint density at radius 1 is 1.40 bits per heavy atom. The molecule has 1 atom stereocenters. The smallest absolute Gasteiger partial charge is 0.0979 e. The van der Waals surface area contributed by atoms with E-state index in [9.17, 15) is 0 Å². The summed E-state index contributed by atoms with van der Waals surface area (Å²) in [7, 11) is 2.09. The van der Waals surface area contributed by atoms with E-state index < -0.39 is 0 Å². The first-order valence-corrected chi connectivity index (χ1v) is 7.96. The summed E-state index contributed by atoms with van der Waals surface area (Å²) in [5.74, 6) is 0. The minimum atomic E-state index is 0.0220. The molecule has 0 aliphatic heterocycles. The molecule has 1 saturated carbocycles. The van der Waals surface area contributed by atoms with Gasteiger partial charge in [0.15, 0.2) is 0 Å². The van der Waals surface area contributed by atoms with Crippen LogP contribution in [0.15, 0.2) is 16.8 Å². The molecule has 0 saturated heterocycles. The van der Waals surface area contributed by atoms with Crippen molar-refractivity contribution in [3.05, 3.63) is 11.8 Å². The van der Waals surface area contributed by atoms with Gasteiger partial charge in [0.25, 0.3) is 0 Å². The van der Waals surface area contributed by atoms with E-state index in [0.29, 0.717) is 12.6 Å². The van der Waals surface area contributed by atoms with Crippen molar-refractivity contribution < 1.29 is 4.74 Å². The van der Waals surface area contributed by atoms with Gasteiger partial charge in [-0.2, -0.15) is 0 Å². The molecule has 0 aromatic rings. The topological polar surface area (TPSA) is 50.8 Å². The molecule has 1 aliphatic carbocycles. The number of hydrogen-bond donors (Lipinski definition) is 1. The second-order valence-corrected chi connectivity index (χ2v) is 4.83. The number of likely N-dealkylation sites (N-methyl/N-ethyl adjacent to an activating group) is 1. The van der Waals surface area contributed by atoms with Crippen LogP contribution in [0, 0.1) is 0 Å². The molecular formula is C16H33N3O. The highest BCUT2D eigenvalue weighted by molar-refractivity contribution is 5.80. The third-order valence-electron chi connectivity index (χ3n) is 3.46. The van der Waals surface area contributed by atoms with Crippen LogP contribution in [-0.2, 0) is 4.74 Å². The van der Waals surface area contributed by atoms with Gasteiger partial charge in [0.05, 0.1) is 6.10 Å². The number of nitrogens with zero attached hydrogens (tertiary/aromatic N) is 2. The van der Waals surface area contributed by atoms with Gasteiger partial charge >= 0.3 is 0 Å². The molecule has 0 aromatic carbocycles. The fourth-order valence-electron chi connectivity index (χ4n) is 1.83. The van der Waals surface area contributed by atoms with Crippen LogP contribution in [0.1, 0.15) is 47.0 Å². The van der Waals surface area contributed by atoms with E-state index >= 15 is 0 Å². The summed E-state index contributed by atoms with van der Waals surface area (Å²) in [5.41, 5.74) is 6.70. The third kappa shape index (κ3) is 7.06. The van der Waals surface area contributed by atoms with Crippen LogP contribution >= 0.6 is 0 Å². The fourth-order valence-corrected chi connectivity index (χ4v) is 1.83. The predicted octanol–water partition coefficient (Wildman–Crippen LogP) is 2.84. The number of nitrogens with two attached hydrogens (primary N) is 1. The van der Waals surface area contributed by atoms with Crippen molar-refractivity contribution in [1.29, 1.82) is 0 Å². The molecule has 4 nitrogen and oxygen atoms in total. The molecule has 1 aliphatic rings. The molecule has 2 N–H and O–H groups in total. The monoisotopic (exact) mass is 283 g/mol. The van der Waals surface area contributed by atoms with Crippen LogP contribution in [0.4, 0.5) is 0 Å². The lowest BCUT2D eigenvalue weighted by Gasteiger charge is -2.25. The third-order valence-corrected chi connectivity index (χ3v) is 3.46. The first kappa shape index (κ1) is 19.1. The lowest BCUT2D eigenvalue weighted by molar-refractivity contribution is 0.0681. The van der Waals surface area contributed by atoms with Crippen LogP contribution in [-0.4, -0.2) is 50.0 Å². The minimum Gasteiger partial charge on any atom is -0.404 e. The fraction of sp³-hybridized carbons (Fsp3) is 0.812. The predicted molar refractivity (Wildman–Crippen MR) is 88.3 cm³/mol. The Morgan fingerprint density at radius 2 is 2.05 bits per heavy atom. The maximum Gasteiger partial charge on any atom is 0.0979 e. The Labute approximate surface area is 125 Å². The molecule has 0 radical (unpaired) electrons. The average molecular weight is 283 g/mol. The highest BCUT2D eigenvalue weighted by Crippen LogP contribution is 2.22. The molecule has 0 spiro atoms. The van der Waals surface area contributed by atoms with Gasteiger partial charge < -0.3 is 15.4 Å². The minimum absolute atomic E-state index is 0.0220. The molecule has 4 heteroatoms. The summed E-state index contributed by atoms with van der Waals surface area (Å²) in [4.78, 5) is 6.79. The highest BCUT2D eigenvalue weighted by atomic mass is 16.5. The lowest BCUT2D eigenvalue weighted by Crippen LogP contribution is -2.33. The normalized spacial score (nSPS) is 17.8. The van der Waals surface area contributed by atoms with Crippen LogP contribution in [0.2, 0.25) is 0 Å². The van der Waals surface area contributed by atoms with Crippen molar-refractivity contribution in [3.8, 4) is 0 Å². The Bertz CT molecular complexity index is 285. The van der Waals surface area contributed by atoms with Gasteiger partial charge in [0.1, 0.15) is 0 Å². The first-order chi connectivity index (χ1) is 9.71. The molecule has 0 bridgehead atoms. The second kappa shape index (κ2) is 11.9. The van der Waals surface area contributed by atoms with Gasteiger partial charge in [-0.25, -0.2) is 0 Å². The van der Waals surface area contributed by atoms with Gasteiger partial charge in [-0.3, -0.25) is 4.99 Å². The highest BCUT2D eigenvalue weighted by Gasteiger charge is 2.18. The summed E-state index contributed by atoms with van der Waals surface area (Å²) in [6, 6.07) is 0.506. The van der Waals surface area contributed by atoms with Gasteiger partial charge in [-0.15, -0.1) is 0 Å². The zero-order chi connectivity index (χ0) is 15.4. The molecule has 1 rings (SSSR count). The Morgan fingerprint density at radius 3 is 2.45 bits per heavy atom. The quantitative estimate of drug-likeness (QED) is 0.697. The van der Waals surface area contributed by atoms with Crippen molar-refractivity contribution in [2.75, 3.05) is 26.7 Å². The van der Waals surface area contributed by atoms with E-state index in [0.717, 1.165) is 18.7 Å². The van der Waals surface area contributed by atoms with Crippen molar-refractivity contribution in [1.82, 2.24) is 4.90 Å². The first-order valence-electron chi connectivity index (χ1n) is 7.96. The summed E-state index contributed by atoms with van der Waals surface area (Å²) >= 11 is 0. The summed E-state index contributed by atoms with van der Waals surface area (Å²) in [5, 5.41) is 0. The second-order valence-electron chi connectivity index (χ2n) is 4.83. The van der Waals surface area contributed by atoms with Crippen molar-refractivity contribution in [2.24, 2.45) is 10.7 Å². The number of rotatable bonds is 8. The van der Waals surface area contributed by atoms with Crippen LogP contribution in [0.5, 0.6) is 0 Å². The van der Waals surface area contributed by atoms with Crippen LogP contribution < -0.4 is 5.73 Å².